The monoisotopic (exact) mass is 356 g/mol. The van der Waals surface area contributed by atoms with E-state index in [4.69, 9.17) is 9.47 Å². The molecule has 2 aromatic rings. The van der Waals surface area contributed by atoms with Crippen LogP contribution in [0.5, 0.6) is 17.2 Å². The van der Waals surface area contributed by atoms with Gasteiger partial charge in [-0.1, -0.05) is 12.1 Å². The topological polar surface area (TPSA) is 80.2 Å². The normalized spacial score (nSPS) is 17.0. The summed E-state index contributed by atoms with van der Waals surface area (Å²) in [5.74, 6) is 0.873. The number of aromatic hydroxyl groups is 1. The number of carbonyl (C=O) groups excluding carboxylic acids is 1. The highest BCUT2D eigenvalue weighted by atomic mass is 32.2. The Hall–Kier alpha value is -2.93. The van der Waals surface area contributed by atoms with Crippen molar-refractivity contribution in [1.82, 2.24) is 5.32 Å². The lowest BCUT2D eigenvalue weighted by atomic mass is 10.2. The van der Waals surface area contributed by atoms with Gasteiger partial charge in [0.25, 0.3) is 5.91 Å². The Bertz CT molecular complexity index is 877. The highest BCUT2D eigenvalue weighted by molar-refractivity contribution is 8.18. The second kappa shape index (κ2) is 7.31. The van der Waals surface area contributed by atoms with Crippen molar-refractivity contribution >= 4 is 34.6 Å². The van der Waals surface area contributed by atoms with E-state index in [9.17, 15) is 9.90 Å². The lowest BCUT2D eigenvalue weighted by Crippen LogP contribution is -2.19. The average Bonchev–Trinajstić information content (AvgIpc) is 2.95. The molecule has 128 valence electrons. The van der Waals surface area contributed by atoms with E-state index in [2.05, 4.69) is 10.3 Å². The first-order chi connectivity index (χ1) is 12.1. The Labute approximate surface area is 149 Å². The van der Waals surface area contributed by atoms with E-state index in [1.165, 1.54) is 24.9 Å². The average molecular weight is 356 g/mol. The Morgan fingerprint density at radius 3 is 2.76 bits per heavy atom. The third-order valence-electron chi connectivity index (χ3n) is 3.44. The molecule has 1 aliphatic heterocycles. The number of amides is 1. The SMILES string of the molecule is COc1cccc(N=C2NC(=O)/C(=C/c3ccc(O)c(OC)c3)S2)c1. The van der Waals surface area contributed by atoms with Crippen LogP contribution in [-0.2, 0) is 4.79 Å². The van der Waals surface area contributed by atoms with Gasteiger partial charge in [-0.3, -0.25) is 4.79 Å². The van der Waals surface area contributed by atoms with Crippen LogP contribution in [0.4, 0.5) is 5.69 Å². The molecule has 0 radical (unpaired) electrons. The number of hydrogen-bond acceptors (Lipinski definition) is 6. The number of aliphatic imine (C=N–C) groups is 1. The van der Waals surface area contributed by atoms with Gasteiger partial charge in [0.05, 0.1) is 24.8 Å². The Morgan fingerprint density at radius 1 is 1.16 bits per heavy atom. The van der Waals surface area contributed by atoms with Crippen molar-refractivity contribution in [1.29, 1.82) is 0 Å². The predicted octanol–water partition coefficient (Wildman–Crippen LogP) is 3.30. The van der Waals surface area contributed by atoms with Gasteiger partial charge in [-0.05, 0) is 47.7 Å². The zero-order valence-corrected chi connectivity index (χ0v) is 14.5. The van der Waals surface area contributed by atoms with Crippen molar-refractivity contribution in [3.63, 3.8) is 0 Å². The minimum absolute atomic E-state index is 0.0495. The zero-order valence-electron chi connectivity index (χ0n) is 13.6. The van der Waals surface area contributed by atoms with E-state index in [0.717, 1.165) is 5.56 Å². The second-order valence-electron chi connectivity index (χ2n) is 5.11. The molecule has 3 rings (SSSR count). The van der Waals surface area contributed by atoms with Gasteiger partial charge in [-0.2, -0.15) is 0 Å². The van der Waals surface area contributed by atoms with E-state index < -0.39 is 0 Å². The number of nitrogens with zero attached hydrogens (tertiary/aromatic N) is 1. The van der Waals surface area contributed by atoms with Crippen molar-refractivity contribution in [3.05, 3.63) is 52.9 Å². The molecule has 0 saturated carbocycles. The van der Waals surface area contributed by atoms with Crippen LogP contribution in [0, 0.1) is 0 Å². The van der Waals surface area contributed by atoms with Crippen molar-refractivity contribution in [2.45, 2.75) is 0 Å². The van der Waals surface area contributed by atoms with Crippen molar-refractivity contribution in [3.8, 4) is 17.2 Å². The molecule has 2 aromatic carbocycles. The quantitative estimate of drug-likeness (QED) is 0.822. The number of rotatable bonds is 4. The minimum atomic E-state index is -0.223. The first-order valence-corrected chi connectivity index (χ1v) is 8.21. The van der Waals surface area contributed by atoms with Crippen molar-refractivity contribution in [2.75, 3.05) is 14.2 Å². The Kier molecular flexibility index (Phi) is 4.95. The molecule has 1 amide bonds. The van der Waals surface area contributed by atoms with E-state index in [1.807, 2.05) is 18.2 Å². The number of phenols is 1. The van der Waals surface area contributed by atoms with Gasteiger partial charge in [-0.25, -0.2) is 4.99 Å². The van der Waals surface area contributed by atoms with E-state index in [0.29, 0.717) is 27.3 Å². The molecule has 0 bridgehead atoms. The van der Waals surface area contributed by atoms with Crippen LogP contribution in [0.1, 0.15) is 5.56 Å². The summed E-state index contributed by atoms with van der Waals surface area (Å²) >= 11 is 1.25. The number of hydrogen-bond donors (Lipinski definition) is 2. The number of thioether (sulfide) groups is 1. The van der Waals surface area contributed by atoms with E-state index in [1.54, 1.807) is 31.4 Å². The molecule has 0 atom stereocenters. The van der Waals surface area contributed by atoms with Crippen LogP contribution in [0.15, 0.2) is 52.4 Å². The zero-order chi connectivity index (χ0) is 17.8. The number of nitrogens with one attached hydrogen (secondary N) is 1. The Balaban J connectivity index is 1.83. The summed E-state index contributed by atoms with van der Waals surface area (Å²) in [6.07, 6.45) is 1.72. The summed E-state index contributed by atoms with van der Waals surface area (Å²) in [6, 6.07) is 12.2. The highest BCUT2D eigenvalue weighted by Crippen LogP contribution is 2.31. The predicted molar refractivity (Wildman–Crippen MR) is 98.5 cm³/mol. The molecule has 0 aromatic heterocycles. The number of phenolic OH excluding ortho intramolecular Hbond substituents is 1. The maximum Gasteiger partial charge on any atom is 0.264 e. The van der Waals surface area contributed by atoms with Gasteiger partial charge < -0.3 is 19.9 Å². The third-order valence-corrected chi connectivity index (χ3v) is 4.35. The molecule has 1 heterocycles. The van der Waals surface area contributed by atoms with Crippen molar-refractivity contribution < 1.29 is 19.4 Å². The number of amidine groups is 1. The smallest absolute Gasteiger partial charge is 0.264 e. The van der Waals surface area contributed by atoms with Crippen LogP contribution >= 0.6 is 11.8 Å². The van der Waals surface area contributed by atoms with Crippen LogP contribution < -0.4 is 14.8 Å². The molecule has 7 heteroatoms. The van der Waals surface area contributed by atoms with Crippen LogP contribution in [-0.4, -0.2) is 30.4 Å². The maximum atomic E-state index is 12.1. The highest BCUT2D eigenvalue weighted by Gasteiger charge is 2.24. The molecule has 6 nitrogen and oxygen atoms in total. The summed E-state index contributed by atoms with van der Waals surface area (Å²) < 4.78 is 10.2. The molecule has 25 heavy (non-hydrogen) atoms. The van der Waals surface area contributed by atoms with Gasteiger partial charge >= 0.3 is 0 Å². The molecule has 1 saturated heterocycles. The summed E-state index contributed by atoms with van der Waals surface area (Å²) in [5.41, 5.74) is 1.43. The molecule has 1 fully saturated rings. The summed E-state index contributed by atoms with van der Waals surface area (Å²) in [7, 11) is 3.06. The molecule has 2 N–H and O–H groups in total. The first-order valence-electron chi connectivity index (χ1n) is 7.39. The summed E-state index contributed by atoms with van der Waals surface area (Å²) in [5, 5.41) is 12.9. The van der Waals surface area contributed by atoms with Gasteiger partial charge in [0.1, 0.15) is 5.75 Å². The molecular weight excluding hydrogens is 340 g/mol. The number of methoxy groups -OCH3 is 2. The minimum Gasteiger partial charge on any atom is -0.504 e. The molecule has 1 aliphatic rings. The fourth-order valence-electron chi connectivity index (χ4n) is 2.21. The molecule has 0 spiro atoms. The van der Waals surface area contributed by atoms with Gasteiger partial charge in [0, 0.05) is 6.07 Å². The van der Waals surface area contributed by atoms with Gasteiger partial charge in [0.15, 0.2) is 16.7 Å². The maximum absolute atomic E-state index is 12.1. The van der Waals surface area contributed by atoms with Gasteiger partial charge in [0.2, 0.25) is 0 Å². The largest absolute Gasteiger partial charge is 0.504 e. The van der Waals surface area contributed by atoms with Crippen LogP contribution in [0.2, 0.25) is 0 Å². The third kappa shape index (κ3) is 3.95. The van der Waals surface area contributed by atoms with E-state index in [-0.39, 0.29) is 11.7 Å². The molecule has 0 aliphatic carbocycles. The lowest BCUT2D eigenvalue weighted by Gasteiger charge is -2.03. The fourth-order valence-corrected chi connectivity index (χ4v) is 3.05. The van der Waals surface area contributed by atoms with Crippen LogP contribution in [0.25, 0.3) is 6.08 Å². The first kappa shape index (κ1) is 16.9. The Morgan fingerprint density at radius 2 is 2.00 bits per heavy atom. The second-order valence-corrected chi connectivity index (χ2v) is 6.15. The fraction of sp³-hybridized carbons (Fsp3) is 0.111. The number of ether oxygens (including phenoxy) is 2. The van der Waals surface area contributed by atoms with Gasteiger partial charge in [-0.15, -0.1) is 0 Å². The number of benzene rings is 2. The number of carbonyl (C=O) groups is 1. The summed E-state index contributed by atoms with van der Waals surface area (Å²) in [4.78, 5) is 17.1. The molecular formula is C18H16N2O4S. The standard InChI is InChI=1S/C18H16N2O4S/c1-23-13-5-3-4-12(10-13)19-18-20-17(22)16(25-18)9-11-6-7-14(21)15(8-11)24-2/h3-10,21H,1-2H3,(H,19,20,22)/b16-9-. The van der Waals surface area contributed by atoms with Crippen LogP contribution in [0.3, 0.4) is 0 Å². The summed E-state index contributed by atoms with van der Waals surface area (Å²) in [6.45, 7) is 0. The lowest BCUT2D eigenvalue weighted by molar-refractivity contribution is -0.115. The molecule has 0 unspecified atom stereocenters. The van der Waals surface area contributed by atoms with E-state index >= 15 is 0 Å². The van der Waals surface area contributed by atoms with Crippen molar-refractivity contribution in [2.24, 2.45) is 4.99 Å².